The minimum atomic E-state index is -0.868. The number of hydrogen-bond acceptors (Lipinski definition) is 3. The van der Waals surface area contributed by atoms with Crippen LogP contribution in [0.15, 0.2) is 36.4 Å². The predicted molar refractivity (Wildman–Crippen MR) is 75.0 cm³/mol. The van der Waals surface area contributed by atoms with Crippen molar-refractivity contribution in [2.45, 2.75) is 19.8 Å². The molecule has 1 unspecified atom stereocenters. The summed E-state index contributed by atoms with van der Waals surface area (Å²) >= 11 is 1.46. The lowest BCUT2D eigenvalue weighted by Crippen LogP contribution is -2.07. The van der Waals surface area contributed by atoms with E-state index >= 15 is 0 Å². The fourth-order valence-electron chi connectivity index (χ4n) is 1.76. The summed E-state index contributed by atoms with van der Waals surface area (Å²) in [5.41, 5.74) is 1.29. The number of rotatable bonds is 4. The molecule has 0 aliphatic heterocycles. The molecule has 0 saturated heterocycles. The molecule has 19 heavy (non-hydrogen) atoms. The van der Waals surface area contributed by atoms with Crippen LogP contribution in [-0.4, -0.2) is 16.9 Å². The second-order valence-electron chi connectivity index (χ2n) is 4.42. The smallest absolute Gasteiger partial charge is 0.310 e. The van der Waals surface area contributed by atoms with Crippen molar-refractivity contribution in [1.82, 2.24) is 0 Å². The molecule has 0 bridgehead atoms. The lowest BCUT2D eigenvalue weighted by Gasteiger charge is -2.07. The Morgan fingerprint density at radius 3 is 2.21 bits per heavy atom. The van der Waals surface area contributed by atoms with Crippen molar-refractivity contribution >= 4 is 23.1 Å². The second-order valence-corrected chi connectivity index (χ2v) is 5.71. The summed E-state index contributed by atoms with van der Waals surface area (Å²) < 4.78 is 0. The lowest BCUT2D eigenvalue weighted by atomic mass is 9.99. The standard InChI is InChI=1S/C15H14O3S/c1-9-3-8-13(19-9)14(16)12-6-4-11(5-7-12)10(2)15(17)18/h3-8,10H,1-2H3,(H,17,18). The normalized spacial score (nSPS) is 12.1. The number of thiophene rings is 1. The van der Waals surface area contributed by atoms with Crippen LogP contribution in [0, 0.1) is 6.92 Å². The Kier molecular flexibility index (Phi) is 3.81. The van der Waals surface area contributed by atoms with Crippen LogP contribution in [-0.2, 0) is 4.79 Å². The van der Waals surface area contributed by atoms with E-state index in [0.717, 1.165) is 4.88 Å². The highest BCUT2D eigenvalue weighted by Gasteiger charge is 2.15. The number of carboxylic acid groups (broad SMARTS) is 1. The van der Waals surface area contributed by atoms with E-state index < -0.39 is 11.9 Å². The molecule has 4 heteroatoms. The average molecular weight is 274 g/mol. The van der Waals surface area contributed by atoms with Gasteiger partial charge in [-0.1, -0.05) is 24.3 Å². The number of aryl methyl sites for hydroxylation is 1. The Morgan fingerprint density at radius 2 is 1.74 bits per heavy atom. The molecule has 3 nitrogen and oxygen atoms in total. The SMILES string of the molecule is Cc1ccc(C(=O)c2ccc(C(C)C(=O)O)cc2)s1. The van der Waals surface area contributed by atoms with Gasteiger partial charge in [0.25, 0.3) is 0 Å². The molecule has 0 fully saturated rings. The van der Waals surface area contributed by atoms with Crippen molar-refractivity contribution in [2.24, 2.45) is 0 Å². The fourth-order valence-corrected chi connectivity index (χ4v) is 2.59. The molecule has 98 valence electrons. The highest BCUT2D eigenvalue weighted by molar-refractivity contribution is 7.14. The quantitative estimate of drug-likeness (QED) is 0.868. The Bertz CT molecular complexity index is 611. The van der Waals surface area contributed by atoms with Crippen LogP contribution >= 0.6 is 11.3 Å². The number of carbonyl (C=O) groups is 2. The van der Waals surface area contributed by atoms with Crippen LogP contribution in [0.25, 0.3) is 0 Å². The highest BCUT2D eigenvalue weighted by Crippen LogP contribution is 2.21. The van der Waals surface area contributed by atoms with Crippen molar-refractivity contribution < 1.29 is 14.7 Å². The molecule has 2 aromatic rings. The molecular weight excluding hydrogens is 260 g/mol. The van der Waals surface area contributed by atoms with Crippen LogP contribution in [0.1, 0.15) is 38.5 Å². The number of ketones is 1. The van der Waals surface area contributed by atoms with Crippen molar-refractivity contribution in [3.05, 3.63) is 57.3 Å². The monoisotopic (exact) mass is 274 g/mol. The van der Waals surface area contributed by atoms with Crippen molar-refractivity contribution in [3.8, 4) is 0 Å². The van der Waals surface area contributed by atoms with Gasteiger partial charge in [-0.15, -0.1) is 11.3 Å². The van der Waals surface area contributed by atoms with Crippen LogP contribution in [0.2, 0.25) is 0 Å². The maximum atomic E-state index is 12.2. The van der Waals surface area contributed by atoms with Crippen molar-refractivity contribution in [1.29, 1.82) is 0 Å². The molecule has 1 N–H and O–H groups in total. The number of carbonyl (C=O) groups excluding carboxylic acids is 1. The number of aliphatic carboxylic acids is 1. The minimum Gasteiger partial charge on any atom is -0.481 e. The Morgan fingerprint density at radius 1 is 1.11 bits per heavy atom. The first-order chi connectivity index (χ1) is 8.99. The third-order valence-electron chi connectivity index (χ3n) is 3.01. The summed E-state index contributed by atoms with van der Waals surface area (Å²) in [6.45, 7) is 3.58. The van der Waals surface area contributed by atoms with Crippen molar-refractivity contribution in [2.75, 3.05) is 0 Å². The molecule has 1 heterocycles. The van der Waals surface area contributed by atoms with E-state index in [2.05, 4.69) is 0 Å². The maximum absolute atomic E-state index is 12.2. The fraction of sp³-hybridized carbons (Fsp3) is 0.200. The first-order valence-corrected chi connectivity index (χ1v) is 6.74. The summed E-state index contributed by atoms with van der Waals surface area (Å²) in [4.78, 5) is 24.8. The van der Waals surface area contributed by atoms with E-state index in [9.17, 15) is 9.59 Å². The van der Waals surface area contributed by atoms with Gasteiger partial charge in [-0.3, -0.25) is 9.59 Å². The Hall–Kier alpha value is -1.94. The van der Waals surface area contributed by atoms with Crippen molar-refractivity contribution in [3.63, 3.8) is 0 Å². The van der Waals surface area contributed by atoms with E-state index in [1.54, 1.807) is 31.2 Å². The first kappa shape index (κ1) is 13.5. The molecule has 1 atom stereocenters. The molecule has 1 aromatic carbocycles. The molecule has 1 aromatic heterocycles. The van der Waals surface area contributed by atoms with E-state index in [1.165, 1.54) is 11.3 Å². The van der Waals surface area contributed by atoms with Gasteiger partial charge in [0.1, 0.15) is 0 Å². The number of carboxylic acids is 1. The molecule has 2 rings (SSSR count). The summed E-state index contributed by atoms with van der Waals surface area (Å²) in [5.74, 6) is -1.45. The molecule has 0 aliphatic carbocycles. The van der Waals surface area contributed by atoms with Gasteiger partial charge in [0.15, 0.2) is 0 Å². The van der Waals surface area contributed by atoms with Crippen LogP contribution < -0.4 is 0 Å². The molecular formula is C15H14O3S. The predicted octanol–water partition coefficient (Wildman–Crippen LogP) is 3.48. The van der Waals surface area contributed by atoms with Crippen LogP contribution in [0.5, 0.6) is 0 Å². The molecule has 0 aliphatic rings. The zero-order chi connectivity index (χ0) is 14.0. The maximum Gasteiger partial charge on any atom is 0.310 e. The minimum absolute atomic E-state index is 0.0207. The summed E-state index contributed by atoms with van der Waals surface area (Å²) in [6, 6.07) is 10.5. The summed E-state index contributed by atoms with van der Waals surface area (Å²) in [5, 5.41) is 8.93. The van der Waals surface area contributed by atoms with Gasteiger partial charge in [-0.25, -0.2) is 0 Å². The average Bonchev–Trinajstić information content (AvgIpc) is 2.84. The van der Waals surface area contributed by atoms with Gasteiger partial charge in [-0.05, 0) is 31.5 Å². The van der Waals surface area contributed by atoms with Gasteiger partial charge < -0.3 is 5.11 Å². The zero-order valence-electron chi connectivity index (χ0n) is 10.7. The Balaban J connectivity index is 2.23. The molecule has 0 radical (unpaired) electrons. The van der Waals surface area contributed by atoms with Gasteiger partial charge in [0.05, 0.1) is 10.8 Å². The van der Waals surface area contributed by atoms with E-state index in [1.807, 2.05) is 19.1 Å². The summed E-state index contributed by atoms with van der Waals surface area (Å²) in [7, 11) is 0. The van der Waals surface area contributed by atoms with E-state index in [4.69, 9.17) is 5.11 Å². The largest absolute Gasteiger partial charge is 0.481 e. The third kappa shape index (κ3) is 2.90. The molecule has 0 spiro atoms. The second kappa shape index (κ2) is 5.36. The Labute approximate surface area is 115 Å². The summed E-state index contributed by atoms with van der Waals surface area (Å²) in [6.07, 6.45) is 0. The lowest BCUT2D eigenvalue weighted by molar-refractivity contribution is -0.138. The molecule has 0 saturated carbocycles. The van der Waals surface area contributed by atoms with Gasteiger partial charge in [-0.2, -0.15) is 0 Å². The first-order valence-electron chi connectivity index (χ1n) is 5.93. The third-order valence-corrected chi connectivity index (χ3v) is 4.01. The van der Waals surface area contributed by atoms with E-state index in [0.29, 0.717) is 16.0 Å². The number of hydrogen-bond donors (Lipinski definition) is 1. The van der Waals surface area contributed by atoms with Gasteiger partial charge >= 0.3 is 5.97 Å². The van der Waals surface area contributed by atoms with Crippen LogP contribution in [0.4, 0.5) is 0 Å². The highest BCUT2D eigenvalue weighted by atomic mass is 32.1. The van der Waals surface area contributed by atoms with Gasteiger partial charge in [0, 0.05) is 10.4 Å². The van der Waals surface area contributed by atoms with E-state index in [-0.39, 0.29) is 5.78 Å². The van der Waals surface area contributed by atoms with Gasteiger partial charge in [0.2, 0.25) is 5.78 Å². The van der Waals surface area contributed by atoms with Crippen LogP contribution in [0.3, 0.4) is 0 Å². The zero-order valence-corrected chi connectivity index (χ0v) is 11.5. The number of benzene rings is 1. The molecule has 0 amide bonds. The topological polar surface area (TPSA) is 54.4 Å².